The van der Waals surface area contributed by atoms with Crippen molar-refractivity contribution in [1.82, 2.24) is 19.8 Å². The first-order chi connectivity index (χ1) is 14.0. The quantitative estimate of drug-likeness (QED) is 0.754. The molecular weight excluding hydrogens is 382 g/mol. The van der Waals surface area contributed by atoms with E-state index in [0.717, 1.165) is 43.0 Å². The van der Waals surface area contributed by atoms with E-state index in [9.17, 15) is 4.79 Å². The summed E-state index contributed by atoms with van der Waals surface area (Å²) in [7, 11) is 6.35. The van der Waals surface area contributed by atoms with Gasteiger partial charge >= 0.3 is 0 Å². The number of hydrogen-bond acceptors (Lipinski definition) is 6. The van der Waals surface area contributed by atoms with E-state index in [4.69, 9.17) is 9.97 Å². The highest BCUT2D eigenvalue weighted by Crippen LogP contribution is 2.41. The van der Waals surface area contributed by atoms with Crippen molar-refractivity contribution in [3.8, 4) is 0 Å². The maximum Gasteiger partial charge on any atom is 0.230 e. The molecule has 0 bridgehead atoms. The number of aromatic nitrogens is 2. The molecular formula is C22H31N5OS. The van der Waals surface area contributed by atoms with E-state index in [1.165, 1.54) is 41.5 Å². The molecule has 2 aliphatic carbocycles. The zero-order valence-corrected chi connectivity index (χ0v) is 18.6. The SMILES string of the molecule is CN(C)C1CCN(C(=O)Cc2nc(N(C)C3CC3)c3c4c(sc3n2)CCCC4)C1. The number of rotatable bonds is 5. The number of likely N-dealkylation sites (tertiary alicyclic amines) is 1. The molecule has 7 heteroatoms. The van der Waals surface area contributed by atoms with Crippen molar-refractivity contribution >= 4 is 33.3 Å². The summed E-state index contributed by atoms with van der Waals surface area (Å²) in [5.74, 6) is 1.92. The second-order valence-corrected chi connectivity index (χ2v) is 10.2. The van der Waals surface area contributed by atoms with Crippen LogP contribution >= 0.6 is 11.3 Å². The predicted molar refractivity (Wildman–Crippen MR) is 118 cm³/mol. The Balaban J connectivity index is 1.46. The van der Waals surface area contributed by atoms with Crippen molar-refractivity contribution in [2.75, 3.05) is 39.1 Å². The molecule has 1 amide bonds. The van der Waals surface area contributed by atoms with Crippen molar-refractivity contribution in [1.29, 1.82) is 0 Å². The second kappa shape index (κ2) is 7.51. The molecule has 1 aliphatic heterocycles. The summed E-state index contributed by atoms with van der Waals surface area (Å²) in [6, 6.07) is 1.05. The highest BCUT2D eigenvalue weighted by Gasteiger charge is 2.32. The van der Waals surface area contributed by atoms with Gasteiger partial charge in [-0.2, -0.15) is 0 Å². The third-order valence-electron chi connectivity index (χ3n) is 6.83. The molecule has 2 aromatic rings. The number of aryl methyl sites for hydroxylation is 2. The fourth-order valence-electron chi connectivity index (χ4n) is 4.79. The summed E-state index contributed by atoms with van der Waals surface area (Å²) in [4.78, 5) is 31.9. The van der Waals surface area contributed by atoms with Gasteiger partial charge < -0.3 is 14.7 Å². The van der Waals surface area contributed by atoms with Crippen LogP contribution in [0, 0.1) is 0 Å². The Bertz CT molecular complexity index is 935. The average Bonchev–Trinajstić information content (AvgIpc) is 3.30. The molecule has 2 fully saturated rings. The molecule has 6 nitrogen and oxygen atoms in total. The second-order valence-electron chi connectivity index (χ2n) is 9.12. The first-order valence-corrected chi connectivity index (χ1v) is 11.8. The number of carbonyl (C=O) groups excluding carboxylic acids is 1. The van der Waals surface area contributed by atoms with Gasteiger partial charge in [0.2, 0.25) is 5.91 Å². The minimum Gasteiger partial charge on any atom is -0.356 e. The van der Waals surface area contributed by atoms with E-state index in [-0.39, 0.29) is 5.91 Å². The maximum absolute atomic E-state index is 13.0. The fraction of sp³-hybridized carbons (Fsp3) is 0.682. The Morgan fingerprint density at radius 3 is 2.62 bits per heavy atom. The number of likely N-dealkylation sites (N-methyl/N-ethyl adjacent to an activating group) is 1. The van der Waals surface area contributed by atoms with Crippen LogP contribution in [0.5, 0.6) is 0 Å². The topological polar surface area (TPSA) is 52.6 Å². The monoisotopic (exact) mass is 413 g/mol. The summed E-state index contributed by atoms with van der Waals surface area (Å²) in [6.07, 6.45) is 8.67. The molecule has 156 valence electrons. The van der Waals surface area contributed by atoms with Gasteiger partial charge in [-0.15, -0.1) is 11.3 Å². The number of nitrogens with zero attached hydrogens (tertiary/aromatic N) is 5. The third kappa shape index (κ3) is 3.63. The van der Waals surface area contributed by atoms with Crippen LogP contribution in [0.4, 0.5) is 5.82 Å². The van der Waals surface area contributed by atoms with Crippen molar-refractivity contribution < 1.29 is 4.79 Å². The molecule has 5 rings (SSSR count). The summed E-state index contributed by atoms with van der Waals surface area (Å²) in [6.45, 7) is 1.66. The molecule has 1 saturated heterocycles. The van der Waals surface area contributed by atoms with Gasteiger partial charge in [0.1, 0.15) is 16.5 Å². The van der Waals surface area contributed by atoms with Gasteiger partial charge in [-0.1, -0.05) is 0 Å². The lowest BCUT2D eigenvalue weighted by Crippen LogP contribution is -2.35. The number of hydrogen-bond donors (Lipinski definition) is 0. The number of carbonyl (C=O) groups is 1. The van der Waals surface area contributed by atoms with E-state index >= 15 is 0 Å². The molecule has 2 aromatic heterocycles. The average molecular weight is 414 g/mol. The van der Waals surface area contributed by atoms with Crippen LogP contribution in [0.25, 0.3) is 10.2 Å². The largest absolute Gasteiger partial charge is 0.356 e. The van der Waals surface area contributed by atoms with Gasteiger partial charge in [0.15, 0.2) is 0 Å². The van der Waals surface area contributed by atoms with Gasteiger partial charge in [-0.05, 0) is 64.6 Å². The summed E-state index contributed by atoms with van der Waals surface area (Å²) >= 11 is 1.83. The Morgan fingerprint density at radius 2 is 1.90 bits per heavy atom. The first kappa shape index (κ1) is 19.2. The van der Waals surface area contributed by atoms with Gasteiger partial charge in [-0.3, -0.25) is 4.79 Å². The minimum absolute atomic E-state index is 0.162. The lowest BCUT2D eigenvalue weighted by molar-refractivity contribution is -0.129. The Kier molecular flexibility index (Phi) is 4.98. The van der Waals surface area contributed by atoms with Crippen LogP contribution in [0.15, 0.2) is 0 Å². The highest BCUT2D eigenvalue weighted by atomic mass is 32.1. The zero-order valence-electron chi connectivity index (χ0n) is 17.8. The summed E-state index contributed by atoms with van der Waals surface area (Å²) in [5, 5.41) is 1.27. The normalized spacial score (nSPS) is 21.8. The number of thiophene rings is 1. The number of fused-ring (bicyclic) bond motifs is 3. The molecule has 0 N–H and O–H groups in total. The molecule has 1 atom stereocenters. The first-order valence-electron chi connectivity index (χ1n) is 11.0. The van der Waals surface area contributed by atoms with Crippen molar-refractivity contribution in [3.05, 3.63) is 16.3 Å². The lowest BCUT2D eigenvalue weighted by Gasteiger charge is -2.22. The van der Waals surface area contributed by atoms with Crippen LogP contribution in [-0.4, -0.2) is 72.0 Å². The zero-order chi connectivity index (χ0) is 20.1. The fourth-order valence-corrected chi connectivity index (χ4v) is 6.06. The van der Waals surface area contributed by atoms with Gasteiger partial charge in [0.25, 0.3) is 0 Å². The van der Waals surface area contributed by atoms with Crippen LogP contribution in [0.3, 0.4) is 0 Å². The standard InChI is InChI=1S/C22H31N5OS/c1-25(2)15-10-11-27(13-15)19(28)12-18-23-21(26(3)14-8-9-14)20-16-6-4-5-7-17(16)29-22(20)24-18/h14-15H,4-13H2,1-3H3. The van der Waals surface area contributed by atoms with Crippen molar-refractivity contribution in [3.63, 3.8) is 0 Å². The van der Waals surface area contributed by atoms with Crippen LogP contribution < -0.4 is 4.90 Å². The molecule has 1 saturated carbocycles. The van der Waals surface area contributed by atoms with Crippen molar-refractivity contribution in [2.24, 2.45) is 0 Å². The third-order valence-corrected chi connectivity index (χ3v) is 8.01. The molecule has 0 radical (unpaired) electrons. The molecule has 29 heavy (non-hydrogen) atoms. The Labute approximate surface area is 176 Å². The predicted octanol–water partition coefficient (Wildman–Crippen LogP) is 2.87. The van der Waals surface area contributed by atoms with E-state index in [2.05, 4.69) is 30.9 Å². The van der Waals surface area contributed by atoms with E-state index in [0.29, 0.717) is 24.3 Å². The summed E-state index contributed by atoms with van der Waals surface area (Å²) < 4.78 is 0. The molecule has 0 aromatic carbocycles. The number of amides is 1. The van der Waals surface area contributed by atoms with Crippen LogP contribution in [0.1, 0.15) is 48.4 Å². The van der Waals surface area contributed by atoms with Crippen LogP contribution in [-0.2, 0) is 24.1 Å². The van der Waals surface area contributed by atoms with Crippen LogP contribution in [0.2, 0.25) is 0 Å². The smallest absolute Gasteiger partial charge is 0.230 e. The molecule has 0 spiro atoms. The van der Waals surface area contributed by atoms with E-state index < -0.39 is 0 Å². The Morgan fingerprint density at radius 1 is 1.10 bits per heavy atom. The van der Waals surface area contributed by atoms with Gasteiger partial charge in [0, 0.05) is 37.1 Å². The lowest BCUT2D eigenvalue weighted by atomic mass is 9.97. The van der Waals surface area contributed by atoms with Gasteiger partial charge in [0.05, 0.1) is 11.8 Å². The summed E-state index contributed by atoms with van der Waals surface area (Å²) in [5.41, 5.74) is 1.48. The minimum atomic E-state index is 0.162. The Hall–Kier alpha value is -1.73. The van der Waals surface area contributed by atoms with E-state index in [1.807, 2.05) is 16.2 Å². The number of anilines is 1. The maximum atomic E-state index is 13.0. The van der Waals surface area contributed by atoms with E-state index in [1.54, 1.807) is 0 Å². The molecule has 3 heterocycles. The van der Waals surface area contributed by atoms with Crippen molar-refractivity contribution in [2.45, 2.75) is 63.5 Å². The molecule has 1 unspecified atom stereocenters. The highest BCUT2D eigenvalue weighted by molar-refractivity contribution is 7.19. The van der Waals surface area contributed by atoms with Gasteiger partial charge in [-0.25, -0.2) is 9.97 Å². The molecule has 3 aliphatic rings.